The molecule has 0 aromatic heterocycles. The van der Waals surface area contributed by atoms with Crippen LogP contribution in [0.25, 0.3) is 0 Å². The van der Waals surface area contributed by atoms with Crippen molar-refractivity contribution in [1.29, 1.82) is 0 Å². The van der Waals surface area contributed by atoms with Crippen LogP contribution in [0, 0.1) is 0 Å². The third-order valence-electron chi connectivity index (χ3n) is 0. The Balaban J connectivity index is 0. The Morgan fingerprint density at radius 3 is 1.40 bits per heavy atom. The first-order valence-corrected chi connectivity index (χ1v) is 2.33. The van der Waals surface area contributed by atoms with Gasteiger partial charge in [0, 0.05) is 0 Å². The molecule has 0 amide bonds. The van der Waals surface area contributed by atoms with E-state index in [1.807, 2.05) is 0 Å². The van der Waals surface area contributed by atoms with Gasteiger partial charge >= 0.3 is 44.4 Å². The van der Waals surface area contributed by atoms with Crippen LogP contribution in [0.15, 0.2) is 0 Å². The van der Waals surface area contributed by atoms with Crippen molar-refractivity contribution in [2.75, 3.05) is 0 Å². The molecule has 32 valence electrons. The minimum atomic E-state index is -3.69. The van der Waals surface area contributed by atoms with E-state index in [0.717, 1.165) is 0 Å². The van der Waals surface area contributed by atoms with Crippen LogP contribution in [-0.2, 0) is 22.7 Å². The fourth-order valence-corrected chi connectivity index (χ4v) is 0. The summed E-state index contributed by atoms with van der Waals surface area (Å²) in [4.78, 5) is 0. The SMILES string of the molecule is [GeH4].[O]=[V](=[O])[OH]. The van der Waals surface area contributed by atoms with Gasteiger partial charge in [-0.2, -0.15) is 0 Å². The van der Waals surface area contributed by atoms with Crippen molar-refractivity contribution >= 4 is 17.6 Å². The molecular formula is H5GeO3V. The van der Waals surface area contributed by atoms with Gasteiger partial charge in [-0.3, -0.25) is 0 Å². The summed E-state index contributed by atoms with van der Waals surface area (Å²) in [6.45, 7) is 0. The summed E-state index contributed by atoms with van der Waals surface area (Å²) in [6.07, 6.45) is 0. The molecule has 0 fully saturated rings. The van der Waals surface area contributed by atoms with Gasteiger partial charge in [-0.05, 0) is 0 Å². The topological polar surface area (TPSA) is 54.4 Å². The average molecular weight is 177 g/mol. The van der Waals surface area contributed by atoms with Crippen molar-refractivity contribution in [2.45, 2.75) is 0 Å². The molecule has 5 heteroatoms. The van der Waals surface area contributed by atoms with Gasteiger partial charge in [-0.25, -0.2) is 0 Å². The molecule has 0 aromatic rings. The Hall–Kier alpha value is 0.687. The Morgan fingerprint density at radius 1 is 1.40 bits per heavy atom. The summed E-state index contributed by atoms with van der Waals surface area (Å²) < 4.78 is 24.4. The summed E-state index contributed by atoms with van der Waals surface area (Å²) in [5.74, 6) is 0. The van der Waals surface area contributed by atoms with E-state index in [9.17, 15) is 0 Å². The van der Waals surface area contributed by atoms with Gasteiger partial charge in [-0.1, -0.05) is 0 Å². The first-order valence-electron chi connectivity index (χ1n) is 0.565. The third kappa shape index (κ3) is 71.7. The van der Waals surface area contributed by atoms with Crippen molar-refractivity contribution in [2.24, 2.45) is 0 Å². The first kappa shape index (κ1) is 9.19. The van der Waals surface area contributed by atoms with Gasteiger partial charge in [0.25, 0.3) is 0 Å². The molecule has 5 heavy (non-hydrogen) atoms. The third-order valence-corrected chi connectivity index (χ3v) is 0. The van der Waals surface area contributed by atoms with Crippen LogP contribution in [0.5, 0.6) is 0 Å². The number of rotatable bonds is 0. The van der Waals surface area contributed by atoms with E-state index in [0.29, 0.717) is 0 Å². The Morgan fingerprint density at radius 2 is 1.40 bits per heavy atom. The molecule has 0 aliphatic heterocycles. The zero-order valence-corrected chi connectivity index (χ0v) is 3.11. The standard InChI is InChI=1S/GeH4.H2O.2O.V/h1H4;1H2;;;/q;;;;+1/p-1. The molecule has 0 bridgehead atoms. The quantitative estimate of drug-likeness (QED) is 0.425. The molecule has 0 spiro atoms. The summed E-state index contributed by atoms with van der Waals surface area (Å²) in [5, 5.41) is 0. The van der Waals surface area contributed by atoms with Gasteiger partial charge in [0.15, 0.2) is 0 Å². The second-order valence-corrected chi connectivity index (χ2v) is 0.981. The fraction of sp³-hybridized carbons (Fsp3) is 0. The molecular weight excluding hydrogens is 172 g/mol. The Kier molecular flexibility index (Phi) is 8.62. The van der Waals surface area contributed by atoms with E-state index in [2.05, 4.69) is 0 Å². The van der Waals surface area contributed by atoms with E-state index in [1.54, 1.807) is 0 Å². The summed E-state index contributed by atoms with van der Waals surface area (Å²) in [7, 11) is 0. The van der Waals surface area contributed by atoms with Crippen LogP contribution in [0.3, 0.4) is 0 Å². The van der Waals surface area contributed by atoms with Gasteiger partial charge in [-0.15, -0.1) is 0 Å². The van der Waals surface area contributed by atoms with Gasteiger partial charge in [0.05, 0.1) is 0 Å². The molecule has 0 unspecified atom stereocenters. The zero-order valence-electron chi connectivity index (χ0n) is 1.71. The molecule has 0 heterocycles. The summed E-state index contributed by atoms with van der Waals surface area (Å²) >= 11 is -3.69. The van der Waals surface area contributed by atoms with Crippen LogP contribution in [0.4, 0.5) is 0 Å². The maximum atomic E-state index is 8.67. The molecule has 0 saturated heterocycles. The molecule has 0 radical (unpaired) electrons. The normalized spacial score (nSPS) is 5.00. The van der Waals surface area contributed by atoms with Crippen LogP contribution >= 0.6 is 0 Å². The first-order chi connectivity index (χ1) is 1.73. The molecule has 0 rings (SSSR count). The molecule has 3 nitrogen and oxygen atoms in total. The van der Waals surface area contributed by atoms with Crippen molar-refractivity contribution in [3.63, 3.8) is 0 Å². The minimum absolute atomic E-state index is 0. The van der Waals surface area contributed by atoms with Crippen molar-refractivity contribution in [1.82, 2.24) is 0 Å². The van der Waals surface area contributed by atoms with E-state index in [4.69, 9.17) is 11.4 Å². The van der Waals surface area contributed by atoms with Gasteiger partial charge in [0.1, 0.15) is 0 Å². The summed E-state index contributed by atoms with van der Waals surface area (Å²) in [6, 6.07) is 0. The second kappa shape index (κ2) is 4.69. The molecule has 0 atom stereocenters. The van der Waals surface area contributed by atoms with Crippen molar-refractivity contribution < 1.29 is 26.8 Å². The van der Waals surface area contributed by atoms with E-state index in [1.165, 1.54) is 0 Å². The van der Waals surface area contributed by atoms with E-state index in [-0.39, 0.29) is 17.6 Å². The maximum absolute atomic E-state index is 8.67. The predicted molar refractivity (Wildman–Crippen MR) is 14.9 cm³/mol. The fourth-order valence-electron chi connectivity index (χ4n) is 0. The summed E-state index contributed by atoms with van der Waals surface area (Å²) in [5.41, 5.74) is 0. The van der Waals surface area contributed by atoms with Crippen LogP contribution in [0.2, 0.25) is 0 Å². The van der Waals surface area contributed by atoms with Crippen LogP contribution in [0.1, 0.15) is 0 Å². The number of hydrogen-bond acceptors (Lipinski definition) is 2. The number of hydrogen-bond donors (Lipinski definition) is 1. The average Bonchev–Trinajstić information content (AvgIpc) is 0.811. The van der Waals surface area contributed by atoms with Gasteiger partial charge < -0.3 is 0 Å². The molecule has 1 N–H and O–H groups in total. The van der Waals surface area contributed by atoms with E-state index < -0.39 is 15.4 Å². The zero-order chi connectivity index (χ0) is 3.58. The Labute approximate surface area is 44.7 Å². The van der Waals surface area contributed by atoms with Crippen LogP contribution < -0.4 is 0 Å². The monoisotopic (exact) mass is 178 g/mol. The molecule has 0 saturated carbocycles. The van der Waals surface area contributed by atoms with Crippen molar-refractivity contribution in [3.05, 3.63) is 0 Å². The Bertz CT molecular complexity index is 55.3. The van der Waals surface area contributed by atoms with Crippen molar-refractivity contribution in [3.8, 4) is 0 Å². The van der Waals surface area contributed by atoms with Gasteiger partial charge in [0.2, 0.25) is 0 Å². The molecule has 0 aromatic carbocycles. The molecule has 0 aliphatic carbocycles. The second-order valence-electron chi connectivity index (χ2n) is 0.238. The van der Waals surface area contributed by atoms with E-state index >= 15 is 0 Å². The molecule has 0 aliphatic rings. The van der Waals surface area contributed by atoms with Crippen LogP contribution in [-0.4, -0.2) is 21.6 Å². The predicted octanol–water partition coefficient (Wildman–Crippen LogP) is -2.25.